The lowest BCUT2D eigenvalue weighted by Crippen LogP contribution is -2.25. The summed E-state index contributed by atoms with van der Waals surface area (Å²) in [7, 11) is -3.73. The minimum Gasteiger partial charge on any atom is -0.211 e. The Bertz CT molecular complexity index is 465. The van der Waals surface area contributed by atoms with Gasteiger partial charge in [-0.3, -0.25) is 0 Å². The minimum absolute atomic E-state index is 0.300. The van der Waals surface area contributed by atoms with Gasteiger partial charge in [0.25, 0.3) is 0 Å². The fraction of sp³-hybridized carbons (Fsp3) is 0.500. The van der Waals surface area contributed by atoms with Gasteiger partial charge in [0.05, 0.1) is 0 Å². The van der Waals surface area contributed by atoms with Crippen molar-refractivity contribution in [3.8, 4) is 0 Å². The highest BCUT2D eigenvalue weighted by Gasteiger charge is 2.17. The number of alkyl halides is 1. The van der Waals surface area contributed by atoms with Crippen molar-refractivity contribution in [2.24, 2.45) is 0 Å². The van der Waals surface area contributed by atoms with Crippen molar-refractivity contribution in [1.82, 2.24) is 4.72 Å². The average molecular weight is 294 g/mol. The molecule has 0 aliphatic carbocycles. The van der Waals surface area contributed by atoms with Crippen LogP contribution in [0.4, 0.5) is 4.39 Å². The number of halogens is 2. The summed E-state index contributed by atoms with van der Waals surface area (Å²) in [6.45, 7) is 0.318. The Morgan fingerprint density at radius 2 is 1.78 bits per heavy atom. The number of hydrogen-bond acceptors (Lipinski definition) is 2. The Kier molecular flexibility index (Phi) is 6.60. The van der Waals surface area contributed by atoms with Crippen LogP contribution in [0.3, 0.4) is 0 Å². The molecule has 0 radical (unpaired) electrons. The highest BCUT2D eigenvalue weighted by atomic mass is 35.5. The molecule has 1 rings (SSSR count). The quantitative estimate of drug-likeness (QED) is 0.592. The number of nitrogens with one attached hydrogen (secondary N) is 1. The fourth-order valence-electron chi connectivity index (χ4n) is 1.52. The zero-order valence-electron chi connectivity index (χ0n) is 10.0. The number of sulfonamides is 1. The average Bonchev–Trinajstić information content (AvgIpc) is 2.34. The molecule has 3 nitrogen and oxygen atoms in total. The van der Waals surface area contributed by atoms with Gasteiger partial charge in [-0.2, -0.15) is 0 Å². The molecule has 0 amide bonds. The number of unbranched alkanes of at least 4 members (excludes halogenated alkanes) is 3. The molecule has 1 N–H and O–H groups in total. The van der Waals surface area contributed by atoms with Crippen molar-refractivity contribution >= 4 is 21.6 Å². The van der Waals surface area contributed by atoms with Crippen LogP contribution in [0.1, 0.15) is 25.7 Å². The zero-order valence-corrected chi connectivity index (χ0v) is 11.6. The Hall–Kier alpha value is -0.650. The molecule has 0 aliphatic heterocycles. The molecule has 18 heavy (non-hydrogen) atoms. The second-order valence-corrected chi connectivity index (χ2v) is 6.04. The van der Waals surface area contributed by atoms with Crippen LogP contribution >= 0.6 is 11.6 Å². The molecule has 0 atom stereocenters. The third-order valence-electron chi connectivity index (χ3n) is 2.48. The molecule has 0 aromatic heterocycles. The Morgan fingerprint density at radius 3 is 2.44 bits per heavy atom. The lowest BCUT2D eigenvalue weighted by atomic mass is 10.2. The van der Waals surface area contributed by atoms with E-state index in [2.05, 4.69) is 4.72 Å². The molecule has 0 fully saturated rings. The predicted molar refractivity (Wildman–Crippen MR) is 70.8 cm³/mol. The second kappa shape index (κ2) is 7.71. The fourth-order valence-corrected chi connectivity index (χ4v) is 2.86. The normalized spacial score (nSPS) is 11.7. The molecule has 0 unspecified atom stereocenters. The van der Waals surface area contributed by atoms with Gasteiger partial charge in [-0.05, 0) is 25.0 Å². The summed E-state index contributed by atoms with van der Waals surface area (Å²) in [5, 5.41) is 0. The first kappa shape index (κ1) is 15.4. The summed E-state index contributed by atoms with van der Waals surface area (Å²) in [5.41, 5.74) is 0. The number of hydrogen-bond donors (Lipinski definition) is 1. The summed E-state index contributed by atoms with van der Waals surface area (Å²) in [6, 6.07) is 5.35. The molecule has 6 heteroatoms. The molecular weight excluding hydrogens is 277 g/mol. The van der Waals surface area contributed by atoms with Gasteiger partial charge in [-0.15, -0.1) is 11.6 Å². The van der Waals surface area contributed by atoms with Crippen LogP contribution in [0.25, 0.3) is 0 Å². The van der Waals surface area contributed by atoms with E-state index in [4.69, 9.17) is 11.6 Å². The van der Waals surface area contributed by atoms with Gasteiger partial charge in [0, 0.05) is 12.4 Å². The highest BCUT2D eigenvalue weighted by Crippen LogP contribution is 2.13. The Labute approximate surface area is 112 Å². The topological polar surface area (TPSA) is 46.2 Å². The van der Waals surface area contributed by atoms with Crippen molar-refractivity contribution in [3.05, 3.63) is 30.1 Å². The SMILES string of the molecule is O=S(=O)(NCCCCCCCl)c1ccccc1F. The van der Waals surface area contributed by atoms with Crippen LogP contribution in [0.5, 0.6) is 0 Å². The lowest BCUT2D eigenvalue weighted by Gasteiger charge is -2.07. The predicted octanol–water partition coefficient (Wildman–Crippen LogP) is 2.90. The third kappa shape index (κ3) is 4.92. The van der Waals surface area contributed by atoms with Crippen LogP contribution in [0.15, 0.2) is 29.2 Å². The van der Waals surface area contributed by atoms with Gasteiger partial charge in [0.2, 0.25) is 10.0 Å². The maximum absolute atomic E-state index is 13.3. The van der Waals surface area contributed by atoms with E-state index >= 15 is 0 Å². The molecule has 1 aromatic rings. The van der Waals surface area contributed by atoms with Crippen molar-refractivity contribution < 1.29 is 12.8 Å². The van der Waals surface area contributed by atoms with Crippen molar-refractivity contribution in [2.75, 3.05) is 12.4 Å². The van der Waals surface area contributed by atoms with Gasteiger partial charge < -0.3 is 0 Å². The third-order valence-corrected chi connectivity index (χ3v) is 4.24. The molecular formula is C12H17ClFNO2S. The summed E-state index contributed by atoms with van der Waals surface area (Å²) >= 11 is 5.53. The molecule has 0 saturated heterocycles. The summed E-state index contributed by atoms with van der Waals surface area (Å²) in [6.07, 6.45) is 3.55. The van der Waals surface area contributed by atoms with Crippen molar-refractivity contribution in [1.29, 1.82) is 0 Å². The number of benzene rings is 1. The van der Waals surface area contributed by atoms with Gasteiger partial charge in [0.15, 0.2) is 0 Å². The van der Waals surface area contributed by atoms with Gasteiger partial charge in [0.1, 0.15) is 10.7 Å². The van der Waals surface area contributed by atoms with E-state index in [1.807, 2.05) is 0 Å². The summed E-state index contributed by atoms with van der Waals surface area (Å²) < 4.78 is 39.3. The van der Waals surface area contributed by atoms with E-state index in [-0.39, 0.29) is 4.90 Å². The van der Waals surface area contributed by atoms with E-state index in [1.165, 1.54) is 18.2 Å². The molecule has 0 aliphatic rings. The Balaban J connectivity index is 2.44. The van der Waals surface area contributed by atoms with E-state index in [1.54, 1.807) is 0 Å². The first-order valence-electron chi connectivity index (χ1n) is 5.88. The van der Waals surface area contributed by atoms with Crippen LogP contribution in [-0.2, 0) is 10.0 Å². The van der Waals surface area contributed by atoms with Crippen molar-refractivity contribution in [2.45, 2.75) is 30.6 Å². The first-order valence-corrected chi connectivity index (χ1v) is 7.90. The van der Waals surface area contributed by atoms with Crippen molar-refractivity contribution in [3.63, 3.8) is 0 Å². The van der Waals surface area contributed by atoms with E-state index in [9.17, 15) is 12.8 Å². The molecule has 0 saturated carbocycles. The minimum atomic E-state index is -3.73. The maximum Gasteiger partial charge on any atom is 0.243 e. The van der Waals surface area contributed by atoms with Crippen LogP contribution in [0.2, 0.25) is 0 Å². The van der Waals surface area contributed by atoms with E-state index in [0.717, 1.165) is 31.7 Å². The standard InChI is InChI=1S/C12H17ClFNO2S/c13-9-5-1-2-6-10-15-18(16,17)12-8-4-3-7-11(12)14/h3-4,7-8,15H,1-2,5-6,9-10H2. The summed E-state index contributed by atoms with van der Waals surface area (Å²) in [5.74, 6) is -0.104. The van der Waals surface area contributed by atoms with Crippen LogP contribution in [0, 0.1) is 5.82 Å². The Morgan fingerprint density at radius 1 is 1.11 bits per heavy atom. The zero-order chi connectivity index (χ0) is 13.4. The van der Waals surface area contributed by atoms with E-state index < -0.39 is 15.8 Å². The highest BCUT2D eigenvalue weighted by molar-refractivity contribution is 7.89. The van der Waals surface area contributed by atoms with Gasteiger partial charge >= 0.3 is 0 Å². The molecule has 1 aromatic carbocycles. The number of rotatable bonds is 8. The molecule has 0 spiro atoms. The maximum atomic E-state index is 13.3. The summed E-state index contributed by atoms with van der Waals surface area (Å²) in [4.78, 5) is -0.300. The lowest BCUT2D eigenvalue weighted by molar-refractivity contribution is 0.552. The molecule has 0 bridgehead atoms. The van der Waals surface area contributed by atoms with Gasteiger partial charge in [-0.1, -0.05) is 25.0 Å². The molecule has 102 valence electrons. The monoisotopic (exact) mass is 293 g/mol. The largest absolute Gasteiger partial charge is 0.243 e. The smallest absolute Gasteiger partial charge is 0.211 e. The first-order chi connectivity index (χ1) is 8.58. The van der Waals surface area contributed by atoms with Crippen LogP contribution < -0.4 is 4.72 Å². The molecule has 0 heterocycles. The van der Waals surface area contributed by atoms with Gasteiger partial charge in [-0.25, -0.2) is 17.5 Å². The van der Waals surface area contributed by atoms with E-state index in [0.29, 0.717) is 12.4 Å². The van der Waals surface area contributed by atoms with Crippen LogP contribution in [-0.4, -0.2) is 20.8 Å². The second-order valence-electron chi connectivity index (χ2n) is 3.93.